The first-order chi connectivity index (χ1) is 12.7. The van der Waals surface area contributed by atoms with Gasteiger partial charge in [-0.15, -0.1) is 0 Å². The summed E-state index contributed by atoms with van der Waals surface area (Å²) >= 11 is 0. The lowest BCUT2D eigenvalue weighted by Gasteiger charge is -2.01. The van der Waals surface area contributed by atoms with E-state index in [1.807, 2.05) is 32.0 Å². The Morgan fingerprint density at radius 1 is 0.654 bits per heavy atom. The largest absolute Gasteiger partial charge is 0.355 e. The Hall–Kier alpha value is -2.80. The normalized spacial score (nSPS) is 9.88. The number of hydrogen-bond donors (Lipinski definition) is 1. The van der Waals surface area contributed by atoms with Crippen LogP contribution in [-0.2, 0) is 0 Å². The van der Waals surface area contributed by atoms with Crippen LogP contribution < -0.4 is 0 Å². The molecule has 1 nitrogen and oxygen atoms in total. The number of fused-ring (bicyclic) bond motifs is 1. The third kappa shape index (κ3) is 5.35. The molecule has 0 spiro atoms. The third-order valence-electron chi connectivity index (χ3n) is 4.08. The number of nitrogens with one attached hydrogen (secondary N) is 1. The second-order valence-corrected chi connectivity index (χ2v) is 6.20. The third-order valence-corrected chi connectivity index (χ3v) is 4.08. The summed E-state index contributed by atoms with van der Waals surface area (Å²) in [6.45, 7) is 8.41. The zero-order chi connectivity index (χ0) is 18.8. The van der Waals surface area contributed by atoms with Crippen LogP contribution in [0.25, 0.3) is 22.2 Å². The molecule has 3 aromatic carbocycles. The van der Waals surface area contributed by atoms with Crippen molar-refractivity contribution in [3.8, 4) is 11.3 Å². The highest BCUT2D eigenvalue weighted by molar-refractivity contribution is 5.85. The number of para-hydroxylation sites is 1. The van der Waals surface area contributed by atoms with Gasteiger partial charge in [0.25, 0.3) is 0 Å². The summed E-state index contributed by atoms with van der Waals surface area (Å²) in [5.74, 6) is 0.659. The van der Waals surface area contributed by atoms with Gasteiger partial charge < -0.3 is 4.98 Å². The first-order valence-electron chi connectivity index (χ1n) is 9.42. The lowest BCUT2D eigenvalue weighted by molar-refractivity contribution is 0.867. The van der Waals surface area contributed by atoms with Crippen LogP contribution in [0.3, 0.4) is 0 Å². The van der Waals surface area contributed by atoms with Crippen LogP contribution in [0, 0.1) is 0 Å². The quantitative estimate of drug-likeness (QED) is 0.384. The number of benzene rings is 3. The predicted molar refractivity (Wildman–Crippen MR) is 116 cm³/mol. The van der Waals surface area contributed by atoms with E-state index in [9.17, 15) is 0 Å². The van der Waals surface area contributed by atoms with E-state index in [1.165, 1.54) is 27.7 Å². The van der Waals surface area contributed by atoms with Crippen molar-refractivity contribution in [1.82, 2.24) is 4.98 Å². The molecular formula is C25H29N. The molecule has 26 heavy (non-hydrogen) atoms. The SMILES string of the molecule is CC.CC(C)c1ccccc1.c1ccc(-c2cc3ccccc3[nH]2)cc1. The highest BCUT2D eigenvalue weighted by atomic mass is 14.7. The van der Waals surface area contributed by atoms with Crippen molar-refractivity contribution in [2.24, 2.45) is 0 Å². The Labute approximate surface area is 157 Å². The molecule has 0 radical (unpaired) electrons. The second-order valence-electron chi connectivity index (χ2n) is 6.20. The molecule has 0 unspecified atom stereocenters. The predicted octanol–water partition coefficient (Wildman–Crippen LogP) is 7.67. The molecule has 1 aromatic heterocycles. The minimum atomic E-state index is 0.659. The monoisotopic (exact) mass is 343 g/mol. The number of aromatic amines is 1. The lowest BCUT2D eigenvalue weighted by Crippen LogP contribution is -1.83. The van der Waals surface area contributed by atoms with E-state index in [2.05, 4.69) is 91.6 Å². The van der Waals surface area contributed by atoms with Gasteiger partial charge in [0.05, 0.1) is 0 Å². The molecule has 1 heteroatoms. The van der Waals surface area contributed by atoms with Crippen LogP contribution in [0.4, 0.5) is 0 Å². The maximum Gasteiger partial charge on any atom is 0.0464 e. The Bertz CT molecular complexity index is 841. The molecular weight excluding hydrogens is 314 g/mol. The van der Waals surface area contributed by atoms with E-state index in [-0.39, 0.29) is 0 Å². The molecule has 1 N–H and O–H groups in total. The van der Waals surface area contributed by atoms with E-state index in [0.29, 0.717) is 5.92 Å². The first kappa shape index (κ1) is 19.5. The average Bonchev–Trinajstić information content (AvgIpc) is 3.16. The molecule has 1 heterocycles. The van der Waals surface area contributed by atoms with Crippen LogP contribution >= 0.6 is 0 Å². The van der Waals surface area contributed by atoms with Crippen LogP contribution in [0.15, 0.2) is 91.0 Å². The molecule has 4 rings (SSSR count). The van der Waals surface area contributed by atoms with Crippen molar-refractivity contribution in [2.75, 3.05) is 0 Å². The molecule has 0 fully saturated rings. The number of aromatic nitrogens is 1. The zero-order valence-corrected chi connectivity index (χ0v) is 16.2. The smallest absolute Gasteiger partial charge is 0.0464 e. The van der Waals surface area contributed by atoms with Crippen LogP contribution in [0.5, 0.6) is 0 Å². The van der Waals surface area contributed by atoms with E-state index < -0.39 is 0 Å². The first-order valence-corrected chi connectivity index (χ1v) is 9.42. The van der Waals surface area contributed by atoms with E-state index in [0.717, 1.165) is 0 Å². The minimum Gasteiger partial charge on any atom is -0.355 e. The summed E-state index contributed by atoms with van der Waals surface area (Å²) in [7, 11) is 0. The van der Waals surface area contributed by atoms with Crippen molar-refractivity contribution < 1.29 is 0 Å². The molecule has 0 aliphatic rings. The van der Waals surface area contributed by atoms with Crippen LogP contribution in [0.2, 0.25) is 0 Å². The minimum absolute atomic E-state index is 0.659. The molecule has 0 aliphatic carbocycles. The summed E-state index contributed by atoms with van der Waals surface area (Å²) in [6.07, 6.45) is 0. The fraction of sp³-hybridized carbons (Fsp3) is 0.200. The summed E-state index contributed by atoms with van der Waals surface area (Å²) in [4.78, 5) is 3.41. The number of hydrogen-bond acceptors (Lipinski definition) is 0. The van der Waals surface area contributed by atoms with Gasteiger partial charge in [-0.05, 0) is 29.2 Å². The van der Waals surface area contributed by atoms with Gasteiger partial charge in [-0.2, -0.15) is 0 Å². The maximum absolute atomic E-state index is 3.41. The average molecular weight is 344 g/mol. The van der Waals surface area contributed by atoms with Gasteiger partial charge in [0.2, 0.25) is 0 Å². The topological polar surface area (TPSA) is 15.8 Å². The van der Waals surface area contributed by atoms with Gasteiger partial charge in [0.15, 0.2) is 0 Å². The molecule has 0 bridgehead atoms. The number of H-pyrrole nitrogens is 1. The van der Waals surface area contributed by atoms with E-state index >= 15 is 0 Å². The van der Waals surface area contributed by atoms with Gasteiger partial charge in [-0.25, -0.2) is 0 Å². The Morgan fingerprint density at radius 2 is 1.19 bits per heavy atom. The van der Waals surface area contributed by atoms with Crippen LogP contribution in [-0.4, -0.2) is 4.98 Å². The van der Waals surface area contributed by atoms with Gasteiger partial charge >= 0.3 is 0 Å². The fourth-order valence-corrected chi connectivity index (χ4v) is 2.68. The maximum atomic E-state index is 3.41. The zero-order valence-electron chi connectivity index (χ0n) is 16.2. The molecule has 0 atom stereocenters. The van der Waals surface area contributed by atoms with Gasteiger partial charge in [-0.1, -0.05) is 107 Å². The molecule has 4 aromatic rings. The summed E-state index contributed by atoms with van der Waals surface area (Å²) in [5.41, 5.74) is 5.01. The summed E-state index contributed by atoms with van der Waals surface area (Å²) in [6, 6.07) is 31.4. The molecule has 134 valence electrons. The molecule has 0 aliphatic heterocycles. The highest BCUT2D eigenvalue weighted by Crippen LogP contribution is 2.23. The number of rotatable bonds is 2. The van der Waals surface area contributed by atoms with E-state index in [4.69, 9.17) is 0 Å². The fourth-order valence-electron chi connectivity index (χ4n) is 2.68. The molecule has 0 saturated carbocycles. The standard InChI is InChI=1S/C14H11N.C9H12.C2H6/c1-2-6-11(7-3-1)14-10-12-8-4-5-9-13(12)15-14;1-8(2)9-6-4-3-5-7-9;1-2/h1-10,15H;3-8H,1-2H3;1-2H3. The van der Waals surface area contributed by atoms with Crippen molar-refractivity contribution in [3.63, 3.8) is 0 Å². The lowest BCUT2D eigenvalue weighted by atomic mass is 10.0. The van der Waals surface area contributed by atoms with E-state index in [1.54, 1.807) is 0 Å². The Kier molecular flexibility index (Phi) is 7.70. The van der Waals surface area contributed by atoms with Crippen molar-refractivity contribution in [3.05, 3.63) is 96.6 Å². The van der Waals surface area contributed by atoms with Crippen molar-refractivity contribution >= 4 is 10.9 Å². The van der Waals surface area contributed by atoms with Crippen LogP contribution in [0.1, 0.15) is 39.2 Å². The van der Waals surface area contributed by atoms with Gasteiger partial charge in [0, 0.05) is 16.6 Å². The second kappa shape index (κ2) is 10.2. The van der Waals surface area contributed by atoms with Crippen molar-refractivity contribution in [1.29, 1.82) is 0 Å². The Balaban J connectivity index is 0.000000190. The molecule has 0 amide bonds. The summed E-state index contributed by atoms with van der Waals surface area (Å²) < 4.78 is 0. The van der Waals surface area contributed by atoms with Gasteiger partial charge in [-0.3, -0.25) is 0 Å². The summed E-state index contributed by atoms with van der Waals surface area (Å²) in [5, 5.41) is 1.26. The highest BCUT2D eigenvalue weighted by Gasteiger charge is 2.00. The Morgan fingerprint density at radius 3 is 1.73 bits per heavy atom. The molecule has 0 saturated heterocycles. The van der Waals surface area contributed by atoms with Gasteiger partial charge in [0.1, 0.15) is 0 Å². The van der Waals surface area contributed by atoms with Crippen molar-refractivity contribution in [2.45, 2.75) is 33.6 Å².